The number of nitrogens with one attached hydrogen (secondary N) is 1. The van der Waals surface area contributed by atoms with E-state index in [1.165, 1.54) is 6.07 Å². The molecule has 2 atom stereocenters. The van der Waals surface area contributed by atoms with Crippen molar-refractivity contribution >= 4 is 46.0 Å². The standard InChI is InChI=1S/C25H21ClF2N10O2/c26-16-2-1-3-17-20(16)24(40)38(14-5-11(27)4-12(28)6-14)23(34-17)18-7-13(33-19(39)9-30)10-37(18)22-15(8-29)21(31)35-25(32)36-22/h1-6,13,18H,7,9-10,30H2,(H,33,39)(H4,31,32,35,36)/t13-,18+/m1/s1. The monoisotopic (exact) mass is 566 g/mol. The van der Waals surface area contributed by atoms with Gasteiger partial charge in [-0.3, -0.25) is 14.2 Å². The molecule has 15 heteroatoms. The molecule has 0 bridgehead atoms. The lowest BCUT2D eigenvalue weighted by Crippen LogP contribution is -2.40. The molecule has 4 aromatic rings. The number of rotatable bonds is 5. The van der Waals surface area contributed by atoms with Gasteiger partial charge in [0.05, 0.1) is 34.2 Å². The van der Waals surface area contributed by atoms with Crippen LogP contribution in [0.15, 0.2) is 41.2 Å². The van der Waals surface area contributed by atoms with Crippen molar-refractivity contribution < 1.29 is 13.6 Å². The Bertz CT molecular complexity index is 1750. The van der Waals surface area contributed by atoms with E-state index in [2.05, 4.69) is 15.3 Å². The molecule has 3 heterocycles. The lowest BCUT2D eigenvalue weighted by Gasteiger charge is -2.28. The van der Waals surface area contributed by atoms with E-state index >= 15 is 0 Å². The third kappa shape index (κ3) is 4.72. The summed E-state index contributed by atoms with van der Waals surface area (Å²) in [6, 6.07) is 7.80. The normalized spacial score (nSPS) is 16.7. The van der Waals surface area contributed by atoms with Crippen molar-refractivity contribution in [2.75, 3.05) is 29.5 Å². The van der Waals surface area contributed by atoms with Crippen LogP contribution in [0.2, 0.25) is 5.02 Å². The summed E-state index contributed by atoms with van der Waals surface area (Å²) < 4.78 is 29.8. The predicted molar refractivity (Wildman–Crippen MR) is 144 cm³/mol. The summed E-state index contributed by atoms with van der Waals surface area (Å²) in [6.07, 6.45) is 0.136. The Labute approximate surface area is 230 Å². The Morgan fingerprint density at radius 3 is 2.58 bits per heavy atom. The smallest absolute Gasteiger partial charge is 0.267 e. The molecule has 2 aromatic heterocycles. The van der Waals surface area contributed by atoms with Crippen LogP contribution < -0.4 is 33.0 Å². The van der Waals surface area contributed by atoms with E-state index < -0.39 is 35.2 Å². The zero-order chi connectivity index (χ0) is 28.7. The molecule has 1 saturated heterocycles. The average molecular weight is 567 g/mol. The van der Waals surface area contributed by atoms with Crippen molar-refractivity contribution in [2.24, 2.45) is 5.73 Å². The lowest BCUT2D eigenvalue weighted by atomic mass is 10.1. The molecule has 1 aliphatic rings. The van der Waals surface area contributed by atoms with Gasteiger partial charge < -0.3 is 27.4 Å². The van der Waals surface area contributed by atoms with Crippen LogP contribution in [0, 0.1) is 23.0 Å². The second-order valence-corrected chi connectivity index (χ2v) is 9.43. The van der Waals surface area contributed by atoms with Gasteiger partial charge in [0.15, 0.2) is 5.82 Å². The topological polar surface area (TPSA) is 195 Å². The van der Waals surface area contributed by atoms with Gasteiger partial charge >= 0.3 is 0 Å². The van der Waals surface area contributed by atoms with Crippen molar-refractivity contribution in [1.82, 2.24) is 24.8 Å². The van der Waals surface area contributed by atoms with Crippen molar-refractivity contribution in [3.63, 3.8) is 0 Å². The summed E-state index contributed by atoms with van der Waals surface area (Å²) in [6.45, 7) is -0.208. The zero-order valence-electron chi connectivity index (χ0n) is 20.6. The third-order valence-electron chi connectivity index (χ3n) is 6.45. The molecule has 0 saturated carbocycles. The summed E-state index contributed by atoms with van der Waals surface area (Å²) in [7, 11) is 0. The maximum absolute atomic E-state index is 14.4. The van der Waals surface area contributed by atoms with Gasteiger partial charge in [0.2, 0.25) is 11.9 Å². The maximum Gasteiger partial charge on any atom is 0.267 e. The van der Waals surface area contributed by atoms with Crippen LogP contribution in [-0.2, 0) is 4.79 Å². The molecule has 0 radical (unpaired) electrons. The van der Waals surface area contributed by atoms with Gasteiger partial charge in [-0.05, 0) is 30.7 Å². The largest absolute Gasteiger partial charge is 0.382 e. The fourth-order valence-electron chi connectivity index (χ4n) is 4.85. The van der Waals surface area contributed by atoms with Crippen molar-refractivity contribution in [3.05, 3.63) is 74.8 Å². The van der Waals surface area contributed by atoms with Gasteiger partial charge in [0.1, 0.15) is 34.9 Å². The number of benzene rings is 2. The predicted octanol–water partition coefficient (Wildman–Crippen LogP) is 1.54. The first-order chi connectivity index (χ1) is 19.1. The minimum atomic E-state index is -0.924. The number of nitrogen functional groups attached to an aromatic ring is 2. The molecule has 2 aromatic carbocycles. The SMILES string of the molecule is N#Cc1c(N)nc(N)nc1N1C[C@H](NC(=O)CN)C[C@H]1c1nc2cccc(Cl)c2c(=O)n1-c1cc(F)cc(F)c1. The van der Waals surface area contributed by atoms with Crippen LogP contribution in [0.1, 0.15) is 23.9 Å². The number of carbonyl (C=O) groups excluding carboxylic acids is 1. The van der Waals surface area contributed by atoms with Gasteiger partial charge in [-0.15, -0.1) is 0 Å². The van der Waals surface area contributed by atoms with Crippen LogP contribution in [0.25, 0.3) is 16.6 Å². The molecule has 0 unspecified atom stereocenters. The number of hydrogen-bond acceptors (Lipinski definition) is 10. The molecule has 1 aliphatic heterocycles. The first kappa shape index (κ1) is 26.7. The second-order valence-electron chi connectivity index (χ2n) is 9.02. The highest BCUT2D eigenvalue weighted by atomic mass is 35.5. The highest BCUT2D eigenvalue weighted by Gasteiger charge is 2.40. The van der Waals surface area contributed by atoms with Gasteiger partial charge in [0, 0.05) is 18.7 Å². The zero-order valence-corrected chi connectivity index (χ0v) is 21.4. The number of hydrogen-bond donors (Lipinski definition) is 4. The summed E-state index contributed by atoms with van der Waals surface area (Å²) in [4.78, 5) is 40.4. The Kier molecular flexibility index (Phi) is 6.92. The third-order valence-corrected chi connectivity index (χ3v) is 6.76. The average Bonchev–Trinajstić information content (AvgIpc) is 3.30. The van der Waals surface area contributed by atoms with Crippen LogP contribution in [0.4, 0.5) is 26.4 Å². The van der Waals surface area contributed by atoms with Gasteiger partial charge in [-0.2, -0.15) is 15.2 Å². The van der Waals surface area contributed by atoms with E-state index in [9.17, 15) is 23.6 Å². The summed E-state index contributed by atoms with van der Waals surface area (Å²) in [5.41, 5.74) is 16.6. The molecule has 0 aliphatic carbocycles. The number of halogens is 3. The molecular weight excluding hydrogens is 546 g/mol. The number of nitrogens with two attached hydrogens (primary N) is 3. The quantitative estimate of drug-likeness (QED) is 0.275. The minimum Gasteiger partial charge on any atom is -0.382 e. The van der Waals surface area contributed by atoms with Crippen LogP contribution >= 0.6 is 11.6 Å². The van der Waals surface area contributed by atoms with E-state index in [1.54, 1.807) is 17.0 Å². The summed E-state index contributed by atoms with van der Waals surface area (Å²) in [5, 5.41) is 12.7. The van der Waals surface area contributed by atoms with Gasteiger partial charge in [0.25, 0.3) is 5.56 Å². The molecule has 5 rings (SSSR count). The molecule has 40 heavy (non-hydrogen) atoms. The van der Waals surface area contributed by atoms with E-state index in [1.807, 2.05) is 6.07 Å². The molecule has 7 N–H and O–H groups in total. The van der Waals surface area contributed by atoms with Crippen LogP contribution in [-0.4, -0.2) is 44.6 Å². The van der Waals surface area contributed by atoms with E-state index in [4.69, 9.17) is 33.8 Å². The molecule has 1 amide bonds. The first-order valence-corrected chi connectivity index (χ1v) is 12.3. The molecule has 0 spiro atoms. The number of anilines is 3. The van der Waals surface area contributed by atoms with Crippen molar-refractivity contribution in [2.45, 2.75) is 18.5 Å². The number of nitrogens with zero attached hydrogens (tertiary/aromatic N) is 6. The minimum absolute atomic E-state index is 0.0272. The summed E-state index contributed by atoms with van der Waals surface area (Å²) >= 11 is 6.34. The number of fused-ring (bicyclic) bond motifs is 1. The Morgan fingerprint density at radius 1 is 1.18 bits per heavy atom. The molecule has 12 nitrogen and oxygen atoms in total. The fourth-order valence-corrected chi connectivity index (χ4v) is 5.10. The molecule has 1 fully saturated rings. The summed E-state index contributed by atoms with van der Waals surface area (Å²) in [5.74, 6) is -2.63. The van der Waals surface area contributed by atoms with Crippen molar-refractivity contribution in [3.8, 4) is 11.8 Å². The second kappa shape index (κ2) is 10.4. The highest BCUT2D eigenvalue weighted by Crippen LogP contribution is 2.38. The van der Waals surface area contributed by atoms with Gasteiger partial charge in [-0.25, -0.2) is 13.8 Å². The Balaban J connectivity index is 1.81. The lowest BCUT2D eigenvalue weighted by molar-refractivity contribution is -0.120. The first-order valence-electron chi connectivity index (χ1n) is 11.9. The Morgan fingerprint density at radius 2 is 1.90 bits per heavy atom. The van der Waals surface area contributed by atoms with Crippen LogP contribution in [0.5, 0.6) is 0 Å². The van der Waals surface area contributed by atoms with Crippen molar-refractivity contribution in [1.29, 1.82) is 5.26 Å². The Hall–Kier alpha value is -4.87. The van der Waals surface area contributed by atoms with Gasteiger partial charge in [-0.1, -0.05) is 17.7 Å². The maximum atomic E-state index is 14.4. The number of amides is 1. The van der Waals surface area contributed by atoms with Crippen LogP contribution in [0.3, 0.4) is 0 Å². The van der Waals surface area contributed by atoms with E-state index in [0.717, 1.165) is 16.7 Å². The highest BCUT2D eigenvalue weighted by molar-refractivity contribution is 6.35. The molecular formula is C25H21ClF2N10O2. The fraction of sp³-hybridized carbons (Fsp3) is 0.200. The number of aromatic nitrogens is 4. The van der Waals surface area contributed by atoms with E-state index in [-0.39, 0.29) is 70.1 Å². The number of nitriles is 1. The molecule has 204 valence electrons. The van der Waals surface area contributed by atoms with E-state index in [0.29, 0.717) is 6.07 Å². The number of carbonyl (C=O) groups is 1.